The minimum atomic E-state index is -0.213. The van der Waals surface area contributed by atoms with Crippen molar-refractivity contribution in [1.82, 2.24) is 10.6 Å². The predicted octanol–water partition coefficient (Wildman–Crippen LogP) is 1.04. The van der Waals surface area contributed by atoms with E-state index in [1.165, 1.54) is 12.8 Å². The zero-order valence-electron chi connectivity index (χ0n) is 11.4. The van der Waals surface area contributed by atoms with Gasteiger partial charge in [0.15, 0.2) is 0 Å². The Kier molecular flexibility index (Phi) is 4.28. The Balaban J connectivity index is 1.91. The highest BCUT2D eigenvalue weighted by atomic mass is 16.3. The molecule has 3 N–H and O–H groups in total. The molecule has 1 heterocycles. The number of nitrogens with one attached hydrogen (secondary N) is 2. The Bertz CT molecular complexity index is 292. The number of carbonyl (C=O) groups excluding carboxylic acids is 1. The maximum atomic E-state index is 12.4. The lowest BCUT2D eigenvalue weighted by molar-refractivity contribution is -0.131. The van der Waals surface area contributed by atoms with Crippen molar-refractivity contribution in [3.8, 4) is 0 Å². The van der Waals surface area contributed by atoms with Crippen LogP contribution in [0.4, 0.5) is 0 Å². The molecule has 4 nitrogen and oxygen atoms in total. The lowest BCUT2D eigenvalue weighted by Gasteiger charge is -2.31. The number of aliphatic hydroxyl groups excluding tert-OH is 1. The molecule has 2 rings (SSSR count). The van der Waals surface area contributed by atoms with E-state index in [2.05, 4.69) is 17.6 Å². The van der Waals surface area contributed by atoms with E-state index in [-0.39, 0.29) is 23.3 Å². The van der Waals surface area contributed by atoms with Gasteiger partial charge in [-0.25, -0.2) is 0 Å². The summed E-state index contributed by atoms with van der Waals surface area (Å²) in [6.07, 6.45) is 6.26. The van der Waals surface area contributed by atoms with Crippen molar-refractivity contribution in [2.75, 3.05) is 26.2 Å². The first-order valence-electron chi connectivity index (χ1n) is 7.26. The van der Waals surface area contributed by atoms with E-state index in [0.29, 0.717) is 6.54 Å². The van der Waals surface area contributed by atoms with E-state index in [4.69, 9.17) is 0 Å². The van der Waals surface area contributed by atoms with E-state index in [9.17, 15) is 9.90 Å². The molecule has 4 heteroatoms. The van der Waals surface area contributed by atoms with Gasteiger partial charge >= 0.3 is 0 Å². The summed E-state index contributed by atoms with van der Waals surface area (Å²) in [6, 6.07) is 0. The maximum Gasteiger partial charge on any atom is 0.227 e. The van der Waals surface area contributed by atoms with Gasteiger partial charge in [-0.1, -0.05) is 19.8 Å². The van der Waals surface area contributed by atoms with Gasteiger partial charge in [0.2, 0.25) is 5.91 Å². The third-order valence-electron chi connectivity index (χ3n) is 5.03. The molecular weight excluding hydrogens is 228 g/mol. The molecule has 1 amide bonds. The summed E-state index contributed by atoms with van der Waals surface area (Å²) < 4.78 is 0. The number of carbonyl (C=O) groups is 1. The fourth-order valence-corrected chi connectivity index (χ4v) is 3.37. The summed E-state index contributed by atoms with van der Waals surface area (Å²) in [5, 5.41) is 15.9. The van der Waals surface area contributed by atoms with E-state index in [1.807, 2.05) is 0 Å². The highest BCUT2D eigenvalue weighted by molar-refractivity contribution is 5.83. The van der Waals surface area contributed by atoms with Gasteiger partial charge in [-0.15, -0.1) is 0 Å². The number of amides is 1. The molecule has 0 radical (unpaired) electrons. The average Bonchev–Trinajstić information content (AvgIpc) is 3.06. The fourth-order valence-electron chi connectivity index (χ4n) is 3.37. The van der Waals surface area contributed by atoms with Crippen LogP contribution in [0.5, 0.6) is 0 Å². The van der Waals surface area contributed by atoms with Crippen LogP contribution in [-0.2, 0) is 4.79 Å². The van der Waals surface area contributed by atoms with Crippen molar-refractivity contribution in [2.45, 2.75) is 45.4 Å². The van der Waals surface area contributed by atoms with Crippen molar-refractivity contribution >= 4 is 5.91 Å². The molecule has 0 aromatic carbocycles. The molecule has 1 saturated heterocycles. The third-order valence-corrected chi connectivity index (χ3v) is 5.03. The lowest BCUT2D eigenvalue weighted by Crippen LogP contribution is -2.46. The maximum absolute atomic E-state index is 12.4. The molecule has 104 valence electrons. The second-order valence-electron chi connectivity index (χ2n) is 6.11. The summed E-state index contributed by atoms with van der Waals surface area (Å²) in [7, 11) is 0. The average molecular weight is 254 g/mol. The van der Waals surface area contributed by atoms with Crippen molar-refractivity contribution in [1.29, 1.82) is 0 Å². The summed E-state index contributed by atoms with van der Waals surface area (Å²) >= 11 is 0. The smallest absolute Gasteiger partial charge is 0.227 e. The van der Waals surface area contributed by atoms with Crippen LogP contribution in [0.1, 0.15) is 45.4 Å². The Hall–Kier alpha value is -0.610. The van der Waals surface area contributed by atoms with E-state index < -0.39 is 0 Å². The van der Waals surface area contributed by atoms with Crippen LogP contribution in [0, 0.1) is 10.8 Å². The first-order chi connectivity index (χ1) is 8.66. The van der Waals surface area contributed by atoms with Gasteiger partial charge in [-0.3, -0.25) is 4.79 Å². The van der Waals surface area contributed by atoms with Gasteiger partial charge in [0.25, 0.3) is 0 Å². The number of hydrogen-bond acceptors (Lipinski definition) is 3. The Morgan fingerprint density at radius 3 is 2.56 bits per heavy atom. The molecule has 1 saturated carbocycles. The standard InChI is InChI=1S/C14H26N2O2/c1-2-14(7-8-15-10-14)12(18)16-9-13(11-17)5-3-4-6-13/h15,17H,2-11H2,1H3,(H,16,18). The summed E-state index contributed by atoms with van der Waals surface area (Å²) in [6.45, 7) is 4.66. The highest BCUT2D eigenvalue weighted by Crippen LogP contribution is 2.37. The van der Waals surface area contributed by atoms with Crippen molar-refractivity contribution in [3.05, 3.63) is 0 Å². The van der Waals surface area contributed by atoms with Gasteiger partial charge in [0.05, 0.1) is 12.0 Å². The highest BCUT2D eigenvalue weighted by Gasteiger charge is 2.41. The fraction of sp³-hybridized carbons (Fsp3) is 0.929. The van der Waals surface area contributed by atoms with E-state index >= 15 is 0 Å². The first-order valence-corrected chi connectivity index (χ1v) is 7.26. The second-order valence-corrected chi connectivity index (χ2v) is 6.11. The Labute approximate surface area is 110 Å². The SMILES string of the molecule is CCC1(C(=O)NCC2(CO)CCCC2)CCNC1. The van der Waals surface area contributed by atoms with Crippen LogP contribution >= 0.6 is 0 Å². The molecule has 0 bridgehead atoms. The Morgan fingerprint density at radius 2 is 2.06 bits per heavy atom. The first kappa shape index (κ1) is 13.8. The van der Waals surface area contributed by atoms with Crippen LogP contribution in [0.15, 0.2) is 0 Å². The quantitative estimate of drug-likeness (QED) is 0.687. The molecule has 2 fully saturated rings. The zero-order valence-corrected chi connectivity index (χ0v) is 11.4. The van der Waals surface area contributed by atoms with Crippen LogP contribution < -0.4 is 10.6 Å². The normalized spacial score (nSPS) is 30.6. The van der Waals surface area contributed by atoms with Crippen LogP contribution in [0.2, 0.25) is 0 Å². The van der Waals surface area contributed by atoms with Crippen molar-refractivity contribution in [2.24, 2.45) is 10.8 Å². The van der Waals surface area contributed by atoms with Crippen LogP contribution in [0.3, 0.4) is 0 Å². The molecular formula is C14H26N2O2. The zero-order chi connectivity index (χ0) is 13.1. The second kappa shape index (κ2) is 5.57. The lowest BCUT2D eigenvalue weighted by atomic mass is 9.82. The van der Waals surface area contributed by atoms with E-state index in [0.717, 1.165) is 38.8 Å². The molecule has 0 aromatic heterocycles. The number of rotatable bonds is 5. The summed E-state index contributed by atoms with van der Waals surface area (Å²) in [5.41, 5.74) is -0.258. The topological polar surface area (TPSA) is 61.4 Å². The monoisotopic (exact) mass is 254 g/mol. The van der Waals surface area contributed by atoms with Crippen molar-refractivity contribution < 1.29 is 9.90 Å². The van der Waals surface area contributed by atoms with Crippen molar-refractivity contribution in [3.63, 3.8) is 0 Å². The summed E-state index contributed by atoms with van der Waals surface area (Å²) in [5.74, 6) is 0.176. The van der Waals surface area contributed by atoms with Gasteiger partial charge in [0.1, 0.15) is 0 Å². The van der Waals surface area contributed by atoms with Gasteiger partial charge < -0.3 is 15.7 Å². The molecule has 0 aromatic rings. The molecule has 1 unspecified atom stereocenters. The summed E-state index contributed by atoms with van der Waals surface area (Å²) in [4.78, 5) is 12.4. The predicted molar refractivity (Wildman–Crippen MR) is 71.2 cm³/mol. The minimum absolute atomic E-state index is 0.0450. The number of hydrogen-bond donors (Lipinski definition) is 3. The molecule has 1 aliphatic carbocycles. The van der Waals surface area contributed by atoms with Crippen LogP contribution in [0.25, 0.3) is 0 Å². The third kappa shape index (κ3) is 2.54. The largest absolute Gasteiger partial charge is 0.396 e. The Morgan fingerprint density at radius 1 is 1.33 bits per heavy atom. The minimum Gasteiger partial charge on any atom is -0.396 e. The van der Waals surface area contributed by atoms with E-state index in [1.54, 1.807) is 0 Å². The molecule has 1 atom stereocenters. The van der Waals surface area contributed by atoms with Crippen LogP contribution in [-0.4, -0.2) is 37.3 Å². The molecule has 1 aliphatic heterocycles. The van der Waals surface area contributed by atoms with Gasteiger partial charge in [0, 0.05) is 18.5 Å². The molecule has 18 heavy (non-hydrogen) atoms. The molecule has 0 spiro atoms. The molecule has 2 aliphatic rings. The van der Waals surface area contributed by atoms with Gasteiger partial charge in [-0.05, 0) is 32.2 Å². The number of aliphatic hydroxyl groups is 1. The van der Waals surface area contributed by atoms with Gasteiger partial charge in [-0.2, -0.15) is 0 Å².